The quantitative estimate of drug-likeness (QED) is 0.320. The number of benzene rings is 1. The molecule has 0 amide bonds. The Morgan fingerprint density at radius 3 is 2.76 bits per heavy atom. The molecule has 0 N–H and O–H groups in total. The molecule has 0 aliphatic carbocycles. The van der Waals surface area contributed by atoms with Crippen LogP contribution >= 0.6 is 34.5 Å². The van der Waals surface area contributed by atoms with E-state index in [0.29, 0.717) is 40.6 Å². The van der Waals surface area contributed by atoms with Gasteiger partial charge < -0.3 is 8.94 Å². The van der Waals surface area contributed by atoms with Crippen LogP contribution in [0.5, 0.6) is 0 Å². The van der Waals surface area contributed by atoms with Crippen LogP contribution in [0.15, 0.2) is 50.7 Å². The van der Waals surface area contributed by atoms with Crippen molar-refractivity contribution >= 4 is 34.5 Å². The van der Waals surface area contributed by atoms with Crippen molar-refractivity contribution in [1.82, 2.24) is 20.3 Å². The normalized spacial score (nSPS) is 11.4. The molecule has 6 nitrogen and oxygen atoms in total. The maximum Gasteiger partial charge on any atom is 0.257 e. The van der Waals surface area contributed by atoms with Gasteiger partial charge in [0.15, 0.2) is 5.76 Å². The lowest BCUT2D eigenvalue weighted by atomic mass is 10.1. The number of thiophene rings is 1. The minimum atomic E-state index is 0.532. The third-order valence-electron chi connectivity index (χ3n) is 4.24. The highest BCUT2D eigenvalue weighted by Gasteiger charge is 2.17. The van der Waals surface area contributed by atoms with Gasteiger partial charge in [-0.1, -0.05) is 41.3 Å². The van der Waals surface area contributed by atoms with Gasteiger partial charge in [0.1, 0.15) is 5.69 Å². The maximum absolute atomic E-state index is 6.28. The summed E-state index contributed by atoms with van der Waals surface area (Å²) in [6, 6.07) is 11.1. The maximum atomic E-state index is 6.28. The summed E-state index contributed by atoms with van der Waals surface area (Å²) in [6.07, 6.45) is 0.982. The van der Waals surface area contributed by atoms with E-state index in [1.165, 1.54) is 0 Å². The van der Waals surface area contributed by atoms with E-state index in [4.69, 9.17) is 32.1 Å². The molecule has 0 aliphatic rings. The van der Waals surface area contributed by atoms with Gasteiger partial charge in [0.05, 0.1) is 23.0 Å². The van der Waals surface area contributed by atoms with Crippen molar-refractivity contribution in [2.24, 2.45) is 0 Å². The lowest BCUT2D eigenvalue weighted by Crippen LogP contribution is -2.23. The lowest BCUT2D eigenvalue weighted by molar-refractivity contribution is 0.206. The molecular weight excluding hydrogens is 431 g/mol. The predicted molar refractivity (Wildman–Crippen MR) is 114 cm³/mol. The van der Waals surface area contributed by atoms with E-state index in [-0.39, 0.29) is 0 Å². The Bertz CT molecular complexity index is 1080. The molecule has 0 aliphatic heterocycles. The van der Waals surface area contributed by atoms with Gasteiger partial charge in [-0.3, -0.25) is 4.90 Å². The second-order valence-electron chi connectivity index (χ2n) is 6.49. The molecule has 29 heavy (non-hydrogen) atoms. The van der Waals surface area contributed by atoms with Crippen LogP contribution in [0.3, 0.4) is 0 Å². The van der Waals surface area contributed by atoms with Crippen molar-refractivity contribution in [3.63, 3.8) is 0 Å². The summed E-state index contributed by atoms with van der Waals surface area (Å²) in [5.41, 5.74) is 1.46. The summed E-state index contributed by atoms with van der Waals surface area (Å²) in [4.78, 5) is 3.14. The third kappa shape index (κ3) is 4.87. The lowest BCUT2D eigenvalue weighted by Gasteiger charge is -2.17. The Labute approximate surface area is 182 Å². The van der Waals surface area contributed by atoms with E-state index < -0.39 is 0 Å². The highest BCUT2D eigenvalue weighted by molar-refractivity contribution is 7.13. The van der Waals surface area contributed by atoms with Crippen LogP contribution in [0, 0.1) is 0 Å². The van der Waals surface area contributed by atoms with Gasteiger partial charge in [-0.05, 0) is 42.6 Å². The summed E-state index contributed by atoms with van der Waals surface area (Å²) >= 11 is 13.8. The van der Waals surface area contributed by atoms with Crippen molar-refractivity contribution in [3.8, 4) is 22.0 Å². The zero-order chi connectivity index (χ0) is 20.2. The molecule has 0 fully saturated rings. The molecule has 3 heterocycles. The third-order valence-corrected chi connectivity index (χ3v) is 5.65. The number of rotatable bonds is 8. The Kier molecular flexibility index (Phi) is 6.30. The first kappa shape index (κ1) is 20.1. The van der Waals surface area contributed by atoms with Gasteiger partial charge in [0.25, 0.3) is 5.89 Å². The van der Waals surface area contributed by atoms with Crippen LogP contribution in [-0.2, 0) is 13.1 Å². The van der Waals surface area contributed by atoms with E-state index in [9.17, 15) is 0 Å². The van der Waals surface area contributed by atoms with Gasteiger partial charge in [0.2, 0.25) is 5.89 Å². The van der Waals surface area contributed by atoms with Crippen molar-refractivity contribution in [2.75, 3.05) is 6.54 Å². The van der Waals surface area contributed by atoms with Crippen molar-refractivity contribution < 1.29 is 8.94 Å². The molecule has 150 valence electrons. The van der Waals surface area contributed by atoms with Gasteiger partial charge >= 0.3 is 0 Å². The van der Waals surface area contributed by atoms with Crippen molar-refractivity contribution in [2.45, 2.75) is 26.4 Å². The zero-order valence-corrected chi connectivity index (χ0v) is 18.0. The minimum absolute atomic E-state index is 0.532. The molecule has 0 saturated carbocycles. The average Bonchev–Trinajstić information content (AvgIpc) is 3.43. The fourth-order valence-electron chi connectivity index (χ4n) is 2.97. The number of hydrogen-bond acceptors (Lipinski definition) is 7. The Balaban J connectivity index is 1.47. The van der Waals surface area contributed by atoms with Crippen LogP contribution in [0.1, 0.15) is 25.0 Å². The number of halogens is 2. The van der Waals surface area contributed by atoms with E-state index in [2.05, 4.69) is 27.2 Å². The van der Waals surface area contributed by atoms with E-state index in [1.807, 2.05) is 29.6 Å². The van der Waals surface area contributed by atoms with E-state index in [0.717, 1.165) is 29.2 Å². The first-order valence-corrected chi connectivity index (χ1v) is 10.8. The topological polar surface area (TPSA) is 68.2 Å². The minimum Gasteiger partial charge on any atom is -0.419 e. The fourth-order valence-corrected chi connectivity index (χ4v) is 4.12. The molecule has 0 bridgehead atoms. The smallest absolute Gasteiger partial charge is 0.257 e. The molecule has 0 saturated heterocycles. The average molecular weight is 449 g/mol. The van der Waals surface area contributed by atoms with Gasteiger partial charge in [-0.2, -0.15) is 0 Å². The van der Waals surface area contributed by atoms with E-state index >= 15 is 0 Å². The van der Waals surface area contributed by atoms with Crippen LogP contribution in [-0.4, -0.2) is 26.8 Å². The van der Waals surface area contributed by atoms with Crippen LogP contribution < -0.4 is 0 Å². The molecular formula is C20H18Cl2N4O2S. The summed E-state index contributed by atoms with van der Waals surface area (Å²) in [5.74, 6) is 1.85. The monoisotopic (exact) mass is 448 g/mol. The molecule has 0 unspecified atom stereocenters. The molecule has 3 aromatic heterocycles. The number of aromatic nitrogens is 3. The SMILES string of the molecule is CCCN(Cc1cc(-c2ccc(Cl)cc2Cl)no1)Cc1nnc(-c2cccs2)o1. The first-order chi connectivity index (χ1) is 14.1. The standard InChI is InChI=1S/C20H18Cl2N4O2S/c1-2-7-26(12-19-23-24-20(27-19)18-4-3-8-29-18)11-14-10-17(25-28-14)15-6-5-13(21)9-16(15)22/h3-6,8-10H,2,7,11-12H2,1H3. The van der Waals surface area contributed by atoms with Crippen molar-refractivity contribution in [3.05, 3.63) is 63.5 Å². The Morgan fingerprint density at radius 2 is 2.00 bits per heavy atom. The highest BCUT2D eigenvalue weighted by Crippen LogP contribution is 2.30. The van der Waals surface area contributed by atoms with Gasteiger partial charge in [-0.25, -0.2) is 0 Å². The number of nitrogens with zero attached hydrogens (tertiary/aromatic N) is 4. The van der Waals surface area contributed by atoms with Crippen LogP contribution in [0.2, 0.25) is 10.0 Å². The molecule has 9 heteroatoms. The summed E-state index contributed by atoms with van der Waals surface area (Å²) in [7, 11) is 0. The van der Waals surface area contributed by atoms with Crippen molar-refractivity contribution in [1.29, 1.82) is 0 Å². The molecule has 0 atom stereocenters. The van der Waals surface area contributed by atoms with Crippen LogP contribution in [0.4, 0.5) is 0 Å². The first-order valence-electron chi connectivity index (χ1n) is 9.12. The Morgan fingerprint density at radius 1 is 1.10 bits per heavy atom. The van der Waals surface area contributed by atoms with Gasteiger partial charge in [-0.15, -0.1) is 21.5 Å². The zero-order valence-electron chi connectivity index (χ0n) is 15.6. The summed E-state index contributed by atoms with van der Waals surface area (Å²) in [6.45, 7) is 4.08. The summed E-state index contributed by atoms with van der Waals surface area (Å²) in [5, 5.41) is 15.6. The summed E-state index contributed by atoms with van der Waals surface area (Å²) < 4.78 is 11.3. The molecule has 1 aromatic carbocycles. The molecule has 0 radical (unpaired) electrons. The second-order valence-corrected chi connectivity index (χ2v) is 8.28. The second kappa shape index (κ2) is 9.09. The van der Waals surface area contributed by atoms with Crippen LogP contribution in [0.25, 0.3) is 22.0 Å². The fraction of sp³-hybridized carbons (Fsp3) is 0.250. The number of hydrogen-bond donors (Lipinski definition) is 0. The largest absolute Gasteiger partial charge is 0.419 e. The molecule has 0 spiro atoms. The predicted octanol–water partition coefficient (Wildman–Crippen LogP) is 6.17. The van der Waals surface area contributed by atoms with E-state index in [1.54, 1.807) is 23.5 Å². The molecule has 4 aromatic rings. The van der Waals surface area contributed by atoms with Gasteiger partial charge in [0, 0.05) is 16.7 Å². The highest BCUT2D eigenvalue weighted by atomic mass is 35.5. The molecule has 4 rings (SSSR count). The Hall–Kier alpha value is -2.19.